The summed E-state index contributed by atoms with van der Waals surface area (Å²) in [6.07, 6.45) is 3.47. The molecule has 20 heavy (non-hydrogen) atoms. The van der Waals surface area contributed by atoms with E-state index >= 15 is 0 Å². The molecule has 0 unspecified atom stereocenters. The average molecular weight is 277 g/mol. The molecule has 1 aliphatic rings. The largest absolute Gasteiger partial charge is 0.434 e. The van der Waals surface area contributed by atoms with Crippen LogP contribution in [0.2, 0.25) is 0 Å². The Morgan fingerprint density at radius 2 is 2.20 bits per heavy atom. The van der Waals surface area contributed by atoms with Crippen molar-refractivity contribution in [2.45, 2.75) is 25.2 Å². The number of hydrogen-bond donors (Lipinski definition) is 2. The van der Waals surface area contributed by atoms with Gasteiger partial charge in [0.15, 0.2) is 0 Å². The highest BCUT2D eigenvalue weighted by molar-refractivity contribution is 5.78. The van der Waals surface area contributed by atoms with Gasteiger partial charge in [0.2, 0.25) is 11.8 Å². The highest BCUT2D eigenvalue weighted by atomic mass is 16.4. The summed E-state index contributed by atoms with van der Waals surface area (Å²) in [4.78, 5) is 24.8. The molecule has 0 bridgehead atoms. The van der Waals surface area contributed by atoms with Crippen LogP contribution in [0.1, 0.15) is 30.3 Å². The summed E-state index contributed by atoms with van der Waals surface area (Å²) in [5.74, 6) is 0.0924. The molecule has 0 spiro atoms. The van der Waals surface area contributed by atoms with E-state index in [1.165, 1.54) is 0 Å². The van der Waals surface area contributed by atoms with Gasteiger partial charge in [0.1, 0.15) is 0 Å². The van der Waals surface area contributed by atoms with E-state index in [0.29, 0.717) is 25.4 Å². The summed E-state index contributed by atoms with van der Waals surface area (Å²) < 4.78 is 4.96. The number of aromatic nitrogens is 4. The lowest BCUT2D eigenvalue weighted by Crippen LogP contribution is -2.38. The molecule has 1 aliphatic heterocycles. The molecule has 1 amide bonds. The van der Waals surface area contributed by atoms with Crippen molar-refractivity contribution in [2.24, 2.45) is 0 Å². The number of H-pyrrole nitrogens is 2. The van der Waals surface area contributed by atoms with Gasteiger partial charge in [-0.15, -0.1) is 5.10 Å². The van der Waals surface area contributed by atoms with Gasteiger partial charge in [0, 0.05) is 30.9 Å². The van der Waals surface area contributed by atoms with Gasteiger partial charge in [0.25, 0.3) is 0 Å². The maximum atomic E-state index is 12.1. The SMILES string of the molecule is O=C(Cc1ccn[nH]1)N1CCC(c2n[nH]c(=O)o2)CC1. The fourth-order valence-corrected chi connectivity index (χ4v) is 2.45. The van der Waals surface area contributed by atoms with E-state index in [4.69, 9.17) is 4.42 Å². The summed E-state index contributed by atoms with van der Waals surface area (Å²) >= 11 is 0. The quantitative estimate of drug-likeness (QED) is 0.823. The first-order valence-electron chi connectivity index (χ1n) is 6.54. The average Bonchev–Trinajstić information content (AvgIpc) is 3.10. The fraction of sp³-hybridized carbons (Fsp3) is 0.500. The maximum absolute atomic E-state index is 12.1. The molecular formula is C12H15N5O3. The minimum absolute atomic E-state index is 0.0798. The normalized spacial score (nSPS) is 16.5. The first-order valence-corrected chi connectivity index (χ1v) is 6.54. The second-order valence-electron chi connectivity index (χ2n) is 4.87. The Balaban J connectivity index is 1.55. The lowest BCUT2D eigenvalue weighted by atomic mass is 9.96. The number of rotatable bonds is 3. The second kappa shape index (κ2) is 5.32. The standard InChI is InChI=1S/C12H15N5O3/c18-10(7-9-1-4-13-14-9)17-5-2-8(3-6-17)11-15-16-12(19)20-11/h1,4,8H,2-3,5-7H2,(H,13,14)(H,16,19). The zero-order valence-electron chi connectivity index (χ0n) is 10.8. The zero-order valence-corrected chi connectivity index (χ0v) is 10.8. The number of aromatic amines is 2. The number of piperidine rings is 1. The molecule has 106 valence electrons. The summed E-state index contributed by atoms with van der Waals surface area (Å²) in [5.41, 5.74) is 0.815. The zero-order chi connectivity index (χ0) is 13.9. The van der Waals surface area contributed by atoms with E-state index < -0.39 is 5.76 Å². The molecular weight excluding hydrogens is 262 g/mol. The molecule has 8 nitrogen and oxygen atoms in total. The smallest absolute Gasteiger partial charge is 0.392 e. The number of nitrogens with zero attached hydrogens (tertiary/aromatic N) is 3. The van der Waals surface area contributed by atoms with Crippen molar-refractivity contribution in [2.75, 3.05) is 13.1 Å². The van der Waals surface area contributed by atoms with E-state index in [1.807, 2.05) is 4.90 Å². The predicted octanol–water partition coefficient (Wildman–Crippen LogP) is 0.0347. The molecule has 0 radical (unpaired) electrons. The van der Waals surface area contributed by atoms with Crippen molar-refractivity contribution in [1.29, 1.82) is 0 Å². The van der Waals surface area contributed by atoms with Crippen molar-refractivity contribution >= 4 is 5.91 Å². The van der Waals surface area contributed by atoms with E-state index in [-0.39, 0.29) is 11.8 Å². The Morgan fingerprint density at radius 3 is 2.80 bits per heavy atom. The van der Waals surface area contributed by atoms with Crippen LogP contribution in [0, 0.1) is 0 Å². The summed E-state index contributed by atoms with van der Waals surface area (Å²) in [6.45, 7) is 1.29. The lowest BCUT2D eigenvalue weighted by molar-refractivity contribution is -0.131. The van der Waals surface area contributed by atoms with Crippen LogP contribution in [0.25, 0.3) is 0 Å². The third-order valence-corrected chi connectivity index (χ3v) is 3.55. The first kappa shape index (κ1) is 12.6. The molecule has 3 heterocycles. The fourth-order valence-electron chi connectivity index (χ4n) is 2.45. The molecule has 0 saturated carbocycles. The van der Waals surface area contributed by atoms with Crippen LogP contribution in [0.3, 0.4) is 0 Å². The van der Waals surface area contributed by atoms with E-state index in [9.17, 15) is 9.59 Å². The van der Waals surface area contributed by atoms with Crippen LogP contribution in [0.4, 0.5) is 0 Å². The summed E-state index contributed by atoms with van der Waals surface area (Å²) in [7, 11) is 0. The van der Waals surface area contributed by atoms with Crippen LogP contribution in [-0.2, 0) is 11.2 Å². The Hall–Kier alpha value is -2.38. The number of carbonyl (C=O) groups excluding carboxylic acids is 1. The van der Waals surface area contributed by atoms with Gasteiger partial charge in [-0.3, -0.25) is 9.89 Å². The molecule has 0 aromatic carbocycles. The minimum atomic E-state index is -0.530. The monoisotopic (exact) mass is 277 g/mol. The Kier molecular flexibility index (Phi) is 3.36. The molecule has 0 aliphatic carbocycles. The van der Waals surface area contributed by atoms with Crippen molar-refractivity contribution in [3.05, 3.63) is 34.4 Å². The number of carbonyl (C=O) groups is 1. The van der Waals surface area contributed by atoms with Gasteiger partial charge in [-0.25, -0.2) is 9.89 Å². The van der Waals surface area contributed by atoms with Crippen molar-refractivity contribution in [3.8, 4) is 0 Å². The first-order chi connectivity index (χ1) is 9.72. The van der Waals surface area contributed by atoms with Crippen LogP contribution in [0.15, 0.2) is 21.5 Å². The number of nitrogens with one attached hydrogen (secondary N) is 2. The topological polar surface area (TPSA) is 108 Å². The molecule has 2 N–H and O–H groups in total. The molecule has 1 saturated heterocycles. The van der Waals surface area contributed by atoms with E-state index in [2.05, 4.69) is 20.4 Å². The van der Waals surface area contributed by atoms with Gasteiger partial charge < -0.3 is 9.32 Å². The van der Waals surface area contributed by atoms with Crippen LogP contribution < -0.4 is 5.76 Å². The lowest BCUT2D eigenvalue weighted by Gasteiger charge is -2.30. The maximum Gasteiger partial charge on any atom is 0.434 e. The molecule has 3 rings (SSSR count). The number of hydrogen-bond acceptors (Lipinski definition) is 5. The molecule has 1 fully saturated rings. The van der Waals surface area contributed by atoms with Crippen LogP contribution in [0.5, 0.6) is 0 Å². The highest BCUT2D eigenvalue weighted by Crippen LogP contribution is 2.25. The third kappa shape index (κ3) is 2.63. The Morgan fingerprint density at radius 1 is 1.40 bits per heavy atom. The molecule has 8 heteroatoms. The van der Waals surface area contributed by atoms with Gasteiger partial charge in [0.05, 0.1) is 6.42 Å². The second-order valence-corrected chi connectivity index (χ2v) is 4.87. The van der Waals surface area contributed by atoms with Gasteiger partial charge in [-0.1, -0.05) is 0 Å². The molecule has 2 aromatic heterocycles. The van der Waals surface area contributed by atoms with Gasteiger partial charge in [-0.2, -0.15) is 5.10 Å². The Labute approximate surface area is 114 Å². The van der Waals surface area contributed by atoms with Crippen molar-refractivity contribution in [3.63, 3.8) is 0 Å². The number of amides is 1. The van der Waals surface area contributed by atoms with Crippen LogP contribution >= 0.6 is 0 Å². The van der Waals surface area contributed by atoms with E-state index in [1.54, 1.807) is 12.3 Å². The van der Waals surface area contributed by atoms with Gasteiger partial charge in [-0.05, 0) is 18.9 Å². The van der Waals surface area contributed by atoms with Crippen LogP contribution in [-0.4, -0.2) is 44.3 Å². The summed E-state index contributed by atoms with van der Waals surface area (Å²) in [6, 6.07) is 1.79. The predicted molar refractivity (Wildman–Crippen MR) is 68.0 cm³/mol. The van der Waals surface area contributed by atoms with Crippen molar-refractivity contribution < 1.29 is 9.21 Å². The summed E-state index contributed by atoms with van der Waals surface area (Å²) in [5, 5.41) is 12.7. The van der Waals surface area contributed by atoms with Crippen molar-refractivity contribution in [1.82, 2.24) is 25.3 Å². The molecule has 2 aromatic rings. The van der Waals surface area contributed by atoms with Gasteiger partial charge >= 0.3 is 5.76 Å². The minimum Gasteiger partial charge on any atom is -0.392 e. The Bertz CT molecular complexity index is 622. The highest BCUT2D eigenvalue weighted by Gasteiger charge is 2.26. The molecule has 0 atom stereocenters. The van der Waals surface area contributed by atoms with E-state index in [0.717, 1.165) is 18.5 Å². The third-order valence-electron chi connectivity index (χ3n) is 3.55. The number of likely N-dealkylation sites (tertiary alicyclic amines) is 1.